The molecule has 13 amide bonds. The summed E-state index contributed by atoms with van der Waals surface area (Å²) in [5.41, 5.74) is 34.0. The third kappa shape index (κ3) is 40.0. The Morgan fingerprint density at radius 1 is 0.273 bits per heavy atom. The fourth-order valence-electron chi connectivity index (χ4n) is 10.7. The van der Waals surface area contributed by atoms with Crippen LogP contribution >= 0.6 is 0 Å². The van der Waals surface area contributed by atoms with E-state index in [2.05, 4.69) is 63.8 Å². The van der Waals surface area contributed by atoms with E-state index >= 15 is 0 Å². The molecule has 0 bridgehead atoms. The van der Waals surface area contributed by atoms with Gasteiger partial charge in [0.05, 0.1) is 19.7 Å². The smallest absolute Gasteiger partial charge is 0.245 e. The van der Waals surface area contributed by atoms with Gasteiger partial charge in [0, 0.05) is 0 Å². The highest BCUT2D eigenvalue weighted by molar-refractivity contribution is 5.99. The lowest BCUT2D eigenvalue weighted by Gasteiger charge is -2.29. The lowest BCUT2D eigenvalue weighted by molar-refractivity contribution is -0.136. The monoisotopic (exact) mass is 1410 g/mol. The number of aliphatic hydroxyl groups excluding tert-OH is 1. The number of unbranched alkanes of at least 4 members (excludes halogenated alkanes) is 4. The number of carbonyl (C=O) groups excluding carboxylic acids is 13. The molecule has 0 aliphatic heterocycles. The summed E-state index contributed by atoms with van der Waals surface area (Å²) in [4.78, 5) is 179. The quantitative estimate of drug-likeness (QED) is 0.0284. The van der Waals surface area contributed by atoms with E-state index in [1.54, 1.807) is 41.5 Å². The number of aliphatic hydroxyl groups is 1. The standard InChI is InChI=1S/C67H128N18O14/c1-38(2)29-48(58(90)74-36-56(88)76-46(23-15-19-27-70)60(92)81-52(33-42(9)10)64(96)83-49(30-39(3)4)62(94)77-44(57(73)89)21-13-17-25-68)79-63(95)50(31-40(5)6)82-61(93)47(24-16-20-28-71)78-67(99)54(37-86)85-66(98)53(34-43(11)12)84-65(97)51(32-41(7)8)80-59(91)45(22-14-18-26-69)75-55(87)35-72/h38-54,86H,13-37,68-72H2,1-12H3,(H2,73,89)(H,74,90)(H,75,87)(H,76,88)(H,77,94)(H,78,99)(H,79,95)(H,80,91)(H,81,92)(H,82,93)(H,83,96)(H,84,97)(H,85,98)/t44-,45-,46-,47-,48-,49-,50-,51-,52-,53-,54-/m0/s1. The number of rotatable bonds is 54. The van der Waals surface area contributed by atoms with Crippen molar-refractivity contribution in [3.63, 3.8) is 0 Å². The van der Waals surface area contributed by atoms with Crippen LogP contribution in [0.15, 0.2) is 0 Å². The largest absolute Gasteiger partial charge is 0.394 e. The minimum atomic E-state index is -1.66. The Morgan fingerprint density at radius 3 is 0.737 bits per heavy atom. The highest BCUT2D eigenvalue weighted by atomic mass is 16.3. The SMILES string of the molecule is CC(C)C[C@H](NC(=O)[C@H](CC(C)C)NC(=O)[C@H](CCCCN)NC(=O)[C@H](CO)NC(=O)[C@H](CC(C)C)NC(=O)[C@H](CC(C)C)NC(=O)[C@H](CCCCN)NC(=O)CN)C(=O)NCC(=O)N[C@@H](CCCCN)C(=O)N[C@@H](CC(C)C)C(=O)N[C@@H](CC(C)C)C(=O)N[C@@H](CCCCN)C(N)=O. The van der Waals surface area contributed by atoms with Gasteiger partial charge < -0.3 is 103 Å². The first kappa shape index (κ1) is 91.9. The molecule has 0 spiro atoms. The summed E-state index contributed by atoms with van der Waals surface area (Å²) in [6, 6.07) is -13.6. The summed E-state index contributed by atoms with van der Waals surface area (Å²) >= 11 is 0. The second kappa shape index (κ2) is 51.1. The van der Waals surface area contributed by atoms with E-state index in [-0.39, 0.29) is 119 Å². The zero-order valence-electron chi connectivity index (χ0n) is 61.2. The van der Waals surface area contributed by atoms with Crippen molar-refractivity contribution in [2.75, 3.05) is 45.9 Å². The van der Waals surface area contributed by atoms with Crippen molar-refractivity contribution in [3.8, 4) is 0 Å². The van der Waals surface area contributed by atoms with Crippen molar-refractivity contribution in [2.24, 2.45) is 69.9 Å². The van der Waals surface area contributed by atoms with E-state index in [1.807, 2.05) is 41.5 Å². The minimum absolute atomic E-state index is 0.00362. The maximum absolute atomic E-state index is 14.4. The van der Waals surface area contributed by atoms with Gasteiger partial charge in [-0.2, -0.15) is 0 Å². The molecule has 25 N–H and O–H groups in total. The Bertz CT molecular complexity index is 2510. The molecule has 99 heavy (non-hydrogen) atoms. The second-order valence-corrected chi connectivity index (χ2v) is 28.2. The number of primary amides is 1. The van der Waals surface area contributed by atoms with Crippen molar-refractivity contribution in [1.82, 2.24) is 63.8 Å². The Balaban J connectivity index is 6.68. The van der Waals surface area contributed by atoms with Crippen molar-refractivity contribution in [1.29, 1.82) is 0 Å². The van der Waals surface area contributed by atoms with Crippen LogP contribution in [0.4, 0.5) is 0 Å². The first-order valence-corrected chi connectivity index (χ1v) is 35.6. The highest BCUT2D eigenvalue weighted by Crippen LogP contribution is 2.16. The van der Waals surface area contributed by atoms with Gasteiger partial charge in [-0.25, -0.2) is 0 Å². The Morgan fingerprint density at radius 2 is 0.485 bits per heavy atom. The molecule has 32 nitrogen and oxygen atoms in total. The molecule has 0 saturated carbocycles. The Hall–Kier alpha value is -7.13. The zero-order valence-corrected chi connectivity index (χ0v) is 61.2. The number of nitrogens with two attached hydrogens (primary N) is 6. The van der Waals surface area contributed by atoms with E-state index in [1.165, 1.54) is 0 Å². The molecular formula is C67H128N18O14. The summed E-state index contributed by atoms with van der Waals surface area (Å²) in [6.45, 7) is 21.1. The summed E-state index contributed by atoms with van der Waals surface area (Å²) in [5, 5.41) is 42.5. The van der Waals surface area contributed by atoms with Crippen molar-refractivity contribution < 1.29 is 67.4 Å². The van der Waals surface area contributed by atoms with Gasteiger partial charge in [0.15, 0.2) is 0 Å². The van der Waals surface area contributed by atoms with Gasteiger partial charge in [0.1, 0.15) is 66.5 Å². The van der Waals surface area contributed by atoms with Gasteiger partial charge in [-0.15, -0.1) is 0 Å². The van der Waals surface area contributed by atoms with Gasteiger partial charge in [-0.3, -0.25) is 62.3 Å². The summed E-state index contributed by atoms with van der Waals surface area (Å²) in [6.07, 6.45) is 4.98. The molecule has 32 heteroatoms. The highest BCUT2D eigenvalue weighted by Gasteiger charge is 2.37. The molecule has 0 fully saturated rings. The summed E-state index contributed by atoms with van der Waals surface area (Å²) in [5.74, 6) is -10.7. The number of nitrogens with one attached hydrogen (secondary N) is 12. The predicted octanol–water partition coefficient (Wildman–Crippen LogP) is -2.34. The van der Waals surface area contributed by atoms with Gasteiger partial charge in [0.25, 0.3) is 0 Å². The van der Waals surface area contributed by atoms with Gasteiger partial charge >= 0.3 is 0 Å². The first-order valence-electron chi connectivity index (χ1n) is 35.6. The predicted molar refractivity (Wildman–Crippen MR) is 378 cm³/mol. The number of hydrogen-bond acceptors (Lipinski definition) is 19. The van der Waals surface area contributed by atoms with Crippen molar-refractivity contribution >= 4 is 76.8 Å². The van der Waals surface area contributed by atoms with Crippen LogP contribution < -0.4 is 98.2 Å². The molecule has 0 unspecified atom stereocenters. The van der Waals surface area contributed by atoms with Crippen LogP contribution in [0.3, 0.4) is 0 Å². The minimum Gasteiger partial charge on any atom is -0.394 e. The van der Waals surface area contributed by atoms with E-state index in [0.717, 1.165) is 0 Å². The molecule has 0 aromatic heterocycles. The zero-order chi connectivity index (χ0) is 75.5. The van der Waals surface area contributed by atoms with Gasteiger partial charge in [-0.1, -0.05) is 83.1 Å². The molecule has 0 aliphatic rings. The normalized spacial score (nSPS) is 14.8. The van der Waals surface area contributed by atoms with Crippen LogP contribution in [-0.2, 0) is 62.3 Å². The fraction of sp³-hybridized carbons (Fsp3) is 0.806. The average Bonchev–Trinajstić information content (AvgIpc) is 0.872. The molecular weight excluding hydrogens is 1280 g/mol. The number of hydrogen-bond donors (Lipinski definition) is 19. The third-order valence-corrected chi connectivity index (χ3v) is 15.8. The second-order valence-electron chi connectivity index (χ2n) is 28.2. The molecule has 570 valence electrons. The lowest BCUT2D eigenvalue weighted by atomic mass is 9.99. The molecule has 11 atom stereocenters. The number of amides is 13. The van der Waals surface area contributed by atoms with Crippen LogP contribution in [-0.4, -0.2) is 194 Å². The average molecular weight is 1410 g/mol. The number of carbonyl (C=O) groups is 13. The van der Waals surface area contributed by atoms with E-state index < -0.39 is 156 Å². The lowest BCUT2D eigenvalue weighted by Crippen LogP contribution is -2.61. The first-order chi connectivity index (χ1) is 46.6. The molecule has 0 aromatic rings. The molecule has 0 aliphatic carbocycles. The van der Waals surface area contributed by atoms with Crippen LogP contribution in [0, 0.1) is 35.5 Å². The Kier molecular flexibility index (Phi) is 47.4. The molecule has 0 saturated heterocycles. The van der Waals surface area contributed by atoms with Gasteiger partial charge in [-0.05, 0) is 177 Å². The topological polar surface area (TPSA) is 543 Å². The van der Waals surface area contributed by atoms with Crippen molar-refractivity contribution in [2.45, 2.75) is 265 Å². The van der Waals surface area contributed by atoms with Crippen LogP contribution in [0.25, 0.3) is 0 Å². The van der Waals surface area contributed by atoms with Crippen LogP contribution in [0.1, 0.15) is 199 Å². The molecule has 0 heterocycles. The van der Waals surface area contributed by atoms with E-state index in [4.69, 9.17) is 34.4 Å². The van der Waals surface area contributed by atoms with E-state index in [0.29, 0.717) is 64.5 Å². The van der Waals surface area contributed by atoms with Crippen molar-refractivity contribution in [3.05, 3.63) is 0 Å². The maximum Gasteiger partial charge on any atom is 0.245 e. The third-order valence-electron chi connectivity index (χ3n) is 15.8. The molecule has 0 radical (unpaired) electrons. The van der Waals surface area contributed by atoms with Crippen LogP contribution in [0.5, 0.6) is 0 Å². The van der Waals surface area contributed by atoms with Crippen LogP contribution in [0.2, 0.25) is 0 Å². The summed E-state index contributed by atoms with van der Waals surface area (Å²) in [7, 11) is 0. The molecule has 0 aromatic carbocycles. The fourth-order valence-corrected chi connectivity index (χ4v) is 10.7. The van der Waals surface area contributed by atoms with Gasteiger partial charge in [0.2, 0.25) is 76.8 Å². The maximum atomic E-state index is 14.4. The van der Waals surface area contributed by atoms with E-state index in [9.17, 15) is 67.4 Å². The Labute approximate surface area is 586 Å². The molecule has 0 rings (SSSR count). The summed E-state index contributed by atoms with van der Waals surface area (Å²) < 4.78 is 0.